The average Bonchev–Trinajstić information content (AvgIpc) is 2.91. The van der Waals surface area contributed by atoms with Crippen LogP contribution in [-0.2, 0) is 0 Å². The van der Waals surface area contributed by atoms with Gasteiger partial charge in [-0.1, -0.05) is 96.1 Å². The Morgan fingerprint density at radius 1 is 0.675 bits per heavy atom. The highest BCUT2D eigenvalue weighted by Crippen LogP contribution is 2.27. The maximum absolute atomic E-state index is 14.6. The van der Waals surface area contributed by atoms with Crippen molar-refractivity contribution in [2.75, 3.05) is 0 Å². The van der Waals surface area contributed by atoms with Gasteiger partial charge in [-0.2, -0.15) is 9.55 Å². The molecule has 0 fully saturated rings. The van der Waals surface area contributed by atoms with E-state index in [0.717, 1.165) is 43.6 Å². The van der Waals surface area contributed by atoms with Crippen molar-refractivity contribution in [3.8, 4) is 17.1 Å². The van der Waals surface area contributed by atoms with Gasteiger partial charge in [-0.25, -0.2) is 19.1 Å². The first-order valence-electron chi connectivity index (χ1n) is 13.3. The molecule has 0 aliphatic carbocycles. The SMILES string of the molecule is Cc1cc(C)c(N=C(c2ccccc2)n2c(=O)nc(-c3ccccc3)n(-c3c(C)cc(C)cc3C)c2=O)c(C)c1. The normalized spacial score (nSPS) is 11.6. The Hall–Kier alpha value is -4.84. The third kappa shape index (κ3) is 4.96. The van der Waals surface area contributed by atoms with E-state index in [1.807, 2.05) is 126 Å². The molecule has 200 valence electrons. The number of nitrogens with zero attached hydrogens (tertiary/aromatic N) is 4. The molecular formula is C34H32N4O2. The standard InChI is InChI=1S/C34H32N4O2/c1-21-17-23(3)29(24(4)18-21)35-31(27-13-9-7-10-14-27)38-33(39)36-32(28-15-11-8-12-16-28)37(34(38)40)30-25(5)19-22(2)20-26(30)6/h7-20H,1-6H3. The first-order valence-corrected chi connectivity index (χ1v) is 13.3. The first kappa shape index (κ1) is 26.8. The summed E-state index contributed by atoms with van der Waals surface area (Å²) in [5.41, 5.74) is 7.46. The second-order valence-electron chi connectivity index (χ2n) is 10.3. The largest absolute Gasteiger partial charge is 0.359 e. The molecule has 0 bridgehead atoms. The van der Waals surface area contributed by atoms with Gasteiger partial charge in [0.1, 0.15) is 0 Å². The summed E-state index contributed by atoms with van der Waals surface area (Å²) in [5.74, 6) is 0.519. The van der Waals surface area contributed by atoms with E-state index in [1.54, 1.807) is 4.57 Å². The van der Waals surface area contributed by atoms with Crippen molar-refractivity contribution in [2.45, 2.75) is 41.5 Å². The van der Waals surface area contributed by atoms with E-state index >= 15 is 0 Å². The molecule has 0 saturated heterocycles. The minimum Gasteiger partial charge on any atom is -0.247 e. The molecule has 0 aliphatic heterocycles. The molecule has 0 spiro atoms. The van der Waals surface area contributed by atoms with Crippen molar-refractivity contribution in [3.63, 3.8) is 0 Å². The highest BCUT2D eigenvalue weighted by atomic mass is 16.2. The highest BCUT2D eigenvalue weighted by molar-refractivity contribution is 6.02. The van der Waals surface area contributed by atoms with Gasteiger partial charge in [0.25, 0.3) is 0 Å². The lowest BCUT2D eigenvalue weighted by Gasteiger charge is -2.20. The fourth-order valence-corrected chi connectivity index (χ4v) is 5.44. The van der Waals surface area contributed by atoms with Crippen LogP contribution >= 0.6 is 0 Å². The molecule has 5 aromatic rings. The molecule has 0 amide bonds. The Morgan fingerprint density at radius 3 is 1.73 bits per heavy atom. The molecule has 0 N–H and O–H groups in total. The van der Waals surface area contributed by atoms with Gasteiger partial charge in [-0.15, -0.1) is 0 Å². The average molecular weight is 529 g/mol. The third-order valence-electron chi connectivity index (χ3n) is 6.98. The van der Waals surface area contributed by atoms with Crippen LogP contribution in [0.2, 0.25) is 0 Å². The molecule has 6 nitrogen and oxygen atoms in total. The predicted octanol–water partition coefficient (Wildman–Crippen LogP) is 6.54. The van der Waals surface area contributed by atoms with E-state index in [1.165, 1.54) is 0 Å². The van der Waals surface area contributed by atoms with Crippen LogP contribution in [0.25, 0.3) is 17.1 Å². The summed E-state index contributed by atoms with van der Waals surface area (Å²) in [6, 6.07) is 26.8. The first-order chi connectivity index (χ1) is 19.2. The van der Waals surface area contributed by atoms with Gasteiger partial charge >= 0.3 is 11.4 Å². The second kappa shape index (κ2) is 10.7. The van der Waals surface area contributed by atoms with Gasteiger partial charge in [0.15, 0.2) is 11.7 Å². The van der Waals surface area contributed by atoms with Crippen molar-refractivity contribution in [3.05, 3.63) is 145 Å². The minimum atomic E-state index is -0.687. The van der Waals surface area contributed by atoms with Crippen LogP contribution in [0.4, 0.5) is 5.69 Å². The fourth-order valence-electron chi connectivity index (χ4n) is 5.44. The molecule has 1 heterocycles. The zero-order valence-corrected chi connectivity index (χ0v) is 23.7. The van der Waals surface area contributed by atoms with Crippen molar-refractivity contribution in [2.24, 2.45) is 4.99 Å². The van der Waals surface area contributed by atoms with Gasteiger partial charge in [0.05, 0.1) is 11.4 Å². The molecule has 0 radical (unpaired) electrons. The van der Waals surface area contributed by atoms with Crippen LogP contribution in [0.1, 0.15) is 38.9 Å². The van der Waals surface area contributed by atoms with Crippen LogP contribution in [0, 0.1) is 41.5 Å². The molecular weight excluding hydrogens is 496 g/mol. The molecule has 4 aromatic carbocycles. The maximum atomic E-state index is 14.6. The lowest BCUT2D eigenvalue weighted by atomic mass is 10.0. The Kier molecular flexibility index (Phi) is 7.18. The van der Waals surface area contributed by atoms with Crippen molar-refractivity contribution in [1.29, 1.82) is 0 Å². The van der Waals surface area contributed by atoms with Crippen LogP contribution in [0.3, 0.4) is 0 Å². The van der Waals surface area contributed by atoms with Gasteiger partial charge in [-0.05, 0) is 63.8 Å². The molecule has 0 unspecified atom stereocenters. The highest BCUT2D eigenvalue weighted by Gasteiger charge is 2.23. The Balaban J connectivity index is 1.92. The molecule has 1 aromatic heterocycles. The smallest absolute Gasteiger partial charge is 0.247 e. The lowest BCUT2D eigenvalue weighted by Crippen LogP contribution is -2.46. The Bertz CT molecular complexity index is 1840. The van der Waals surface area contributed by atoms with Crippen molar-refractivity contribution >= 4 is 11.5 Å². The summed E-state index contributed by atoms with van der Waals surface area (Å²) >= 11 is 0. The number of benzene rings is 4. The predicted molar refractivity (Wildman–Crippen MR) is 162 cm³/mol. The third-order valence-corrected chi connectivity index (χ3v) is 6.98. The van der Waals surface area contributed by atoms with Gasteiger partial charge in [0, 0.05) is 11.1 Å². The summed E-state index contributed by atoms with van der Waals surface area (Å²) in [6.07, 6.45) is 0. The van der Waals surface area contributed by atoms with Crippen LogP contribution in [0.5, 0.6) is 0 Å². The quantitative estimate of drug-likeness (QED) is 0.197. The summed E-state index contributed by atoms with van der Waals surface area (Å²) in [4.78, 5) is 37.9. The zero-order valence-electron chi connectivity index (χ0n) is 23.7. The van der Waals surface area contributed by atoms with E-state index in [-0.39, 0.29) is 11.7 Å². The summed E-state index contributed by atoms with van der Waals surface area (Å²) in [7, 11) is 0. The number of hydrogen-bond acceptors (Lipinski definition) is 4. The van der Waals surface area contributed by atoms with Gasteiger partial charge < -0.3 is 0 Å². The van der Waals surface area contributed by atoms with E-state index in [9.17, 15) is 9.59 Å². The monoisotopic (exact) mass is 528 g/mol. The summed E-state index contributed by atoms with van der Waals surface area (Å²) < 4.78 is 2.65. The summed E-state index contributed by atoms with van der Waals surface area (Å²) in [6.45, 7) is 12.0. The minimum absolute atomic E-state index is 0.230. The van der Waals surface area contributed by atoms with Crippen LogP contribution in [-0.4, -0.2) is 20.0 Å². The van der Waals surface area contributed by atoms with Gasteiger partial charge in [-0.3, -0.25) is 0 Å². The number of rotatable bonds is 4. The molecule has 40 heavy (non-hydrogen) atoms. The Morgan fingerprint density at radius 2 is 1.18 bits per heavy atom. The van der Waals surface area contributed by atoms with E-state index in [2.05, 4.69) is 4.98 Å². The topological polar surface area (TPSA) is 69.2 Å². The van der Waals surface area contributed by atoms with E-state index < -0.39 is 11.4 Å². The number of aliphatic imine (C=N–C) groups is 1. The lowest BCUT2D eigenvalue weighted by molar-refractivity contribution is 0.774. The fraction of sp³-hybridized carbons (Fsp3) is 0.176. The maximum Gasteiger partial charge on any atom is 0.359 e. The Labute approximate surface area is 234 Å². The van der Waals surface area contributed by atoms with Crippen LogP contribution < -0.4 is 11.4 Å². The molecule has 0 atom stereocenters. The second-order valence-corrected chi connectivity index (χ2v) is 10.3. The molecule has 0 saturated carbocycles. The molecule has 0 aliphatic rings. The zero-order chi connectivity index (χ0) is 28.6. The van der Waals surface area contributed by atoms with Crippen LogP contribution in [0.15, 0.2) is 99.5 Å². The number of aryl methyl sites for hydroxylation is 6. The molecule has 6 heteroatoms. The molecule has 5 rings (SSSR count). The van der Waals surface area contributed by atoms with Crippen molar-refractivity contribution in [1.82, 2.24) is 14.1 Å². The number of aromatic nitrogens is 3. The number of hydrogen-bond donors (Lipinski definition) is 0. The van der Waals surface area contributed by atoms with Crippen molar-refractivity contribution < 1.29 is 0 Å². The van der Waals surface area contributed by atoms with E-state index in [4.69, 9.17) is 4.99 Å². The summed E-state index contributed by atoms with van der Waals surface area (Å²) in [5, 5.41) is 0. The van der Waals surface area contributed by atoms with E-state index in [0.29, 0.717) is 16.8 Å². The van der Waals surface area contributed by atoms with Gasteiger partial charge in [0.2, 0.25) is 0 Å².